The van der Waals surface area contributed by atoms with Crippen LogP contribution in [0.2, 0.25) is 0 Å². The zero-order valence-electron chi connectivity index (χ0n) is 12.3. The van der Waals surface area contributed by atoms with Crippen LogP contribution < -0.4 is 5.32 Å². The third kappa shape index (κ3) is 4.44. The zero-order valence-corrected chi connectivity index (χ0v) is 12.3. The quantitative estimate of drug-likeness (QED) is 0.839. The first-order valence-corrected chi connectivity index (χ1v) is 6.68. The van der Waals surface area contributed by atoms with Crippen molar-refractivity contribution in [2.24, 2.45) is 5.41 Å². The molecule has 4 nitrogen and oxygen atoms in total. The van der Waals surface area contributed by atoms with E-state index in [9.17, 15) is 13.9 Å². The maximum atomic E-state index is 13.1. The van der Waals surface area contributed by atoms with Crippen LogP contribution in [-0.4, -0.2) is 28.1 Å². The first-order valence-electron chi connectivity index (χ1n) is 6.68. The maximum absolute atomic E-state index is 13.1. The van der Waals surface area contributed by atoms with E-state index in [2.05, 4.69) is 31.1 Å². The van der Waals surface area contributed by atoms with Crippen LogP contribution >= 0.6 is 0 Å². The van der Waals surface area contributed by atoms with Crippen molar-refractivity contribution < 1.29 is 13.9 Å². The lowest BCUT2D eigenvalue weighted by Gasteiger charge is -2.35. The average Bonchev–Trinajstić information content (AvgIpc) is 2.29. The fourth-order valence-electron chi connectivity index (χ4n) is 2.13. The lowest BCUT2D eigenvalue weighted by atomic mass is 9.95. The highest BCUT2D eigenvalue weighted by Gasteiger charge is 2.21. The van der Waals surface area contributed by atoms with E-state index in [1.165, 1.54) is 0 Å². The van der Waals surface area contributed by atoms with Crippen molar-refractivity contribution in [1.82, 2.24) is 9.88 Å². The largest absolute Gasteiger partial charge is 0.510 e. The van der Waals surface area contributed by atoms with Crippen LogP contribution in [0, 0.1) is 17.3 Å². The minimum atomic E-state index is -0.880. The van der Waals surface area contributed by atoms with Crippen molar-refractivity contribution in [2.75, 3.05) is 18.4 Å². The Morgan fingerprint density at radius 3 is 2.43 bits per heavy atom. The Bertz CT molecular complexity index is 571. The van der Waals surface area contributed by atoms with Crippen molar-refractivity contribution in [3.05, 3.63) is 47.8 Å². The Hall–Kier alpha value is -2.11. The van der Waals surface area contributed by atoms with Gasteiger partial charge in [-0.05, 0) is 17.6 Å². The number of hydrogen-bond acceptors (Lipinski definition) is 4. The minimum absolute atomic E-state index is 0.00708. The second-order valence-electron chi connectivity index (χ2n) is 6.25. The second kappa shape index (κ2) is 5.71. The van der Waals surface area contributed by atoms with Gasteiger partial charge in [-0.2, -0.15) is 13.8 Å². The number of pyridine rings is 1. The predicted molar refractivity (Wildman–Crippen MR) is 77.6 cm³/mol. The van der Waals surface area contributed by atoms with Crippen molar-refractivity contribution in [1.29, 1.82) is 0 Å². The lowest BCUT2D eigenvalue weighted by molar-refractivity contribution is 0.220. The summed E-state index contributed by atoms with van der Waals surface area (Å²) in [5.74, 6) is -0.839. The predicted octanol–water partition coefficient (Wildman–Crippen LogP) is 3.42. The SMILES string of the molecule is CC(C)(C)CN1CC(O)=CC=C1Nc1cc(F)nc(F)c1. The van der Waals surface area contributed by atoms with E-state index in [0.29, 0.717) is 18.9 Å². The third-order valence-corrected chi connectivity index (χ3v) is 2.83. The summed E-state index contributed by atoms with van der Waals surface area (Å²) in [4.78, 5) is 4.98. The van der Waals surface area contributed by atoms with E-state index >= 15 is 0 Å². The molecule has 1 aliphatic heterocycles. The number of hydrogen-bond donors (Lipinski definition) is 2. The molecule has 0 bridgehead atoms. The summed E-state index contributed by atoms with van der Waals surface area (Å²) < 4.78 is 26.3. The Labute approximate surface area is 122 Å². The molecule has 1 aliphatic rings. The summed E-state index contributed by atoms with van der Waals surface area (Å²) in [7, 11) is 0. The molecule has 0 saturated heterocycles. The van der Waals surface area contributed by atoms with E-state index in [1.807, 2.05) is 4.90 Å². The maximum Gasteiger partial charge on any atom is 0.217 e. The third-order valence-electron chi connectivity index (χ3n) is 2.83. The van der Waals surface area contributed by atoms with Gasteiger partial charge < -0.3 is 15.3 Å². The smallest absolute Gasteiger partial charge is 0.217 e. The summed E-state index contributed by atoms with van der Waals surface area (Å²) in [6, 6.07) is 2.24. The topological polar surface area (TPSA) is 48.4 Å². The van der Waals surface area contributed by atoms with Gasteiger partial charge >= 0.3 is 0 Å². The van der Waals surface area contributed by atoms with Crippen LogP contribution in [0.4, 0.5) is 14.5 Å². The molecule has 0 amide bonds. The minimum Gasteiger partial charge on any atom is -0.510 e. The fourth-order valence-corrected chi connectivity index (χ4v) is 2.13. The van der Waals surface area contributed by atoms with Gasteiger partial charge in [-0.25, -0.2) is 0 Å². The van der Waals surface area contributed by atoms with E-state index in [4.69, 9.17) is 0 Å². The zero-order chi connectivity index (χ0) is 15.6. The van der Waals surface area contributed by atoms with Gasteiger partial charge in [-0.1, -0.05) is 20.8 Å². The number of anilines is 1. The second-order valence-corrected chi connectivity index (χ2v) is 6.25. The molecule has 0 fully saturated rings. The molecule has 0 unspecified atom stereocenters. The Balaban J connectivity index is 2.22. The summed E-state index contributed by atoms with van der Waals surface area (Å²) in [6.45, 7) is 7.26. The number of nitrogens with zero attached hydrogens (tertiary/aromatic N) is 2. The lowest BCUT2D eigenvalue weighted by Crippen LogP contribution is -2.37. The monoisotopic (exact) mass is 295 g/mol. The number of halogens is 2. The Kier molecular flexibility index (Phi) is 4.16. The molecule has 6 heteroatoms. The number of aromatic nitrogens is 1. The molecule has 114 valence electrons. The van der Waals surface area contributed by atoms with Crippen molar-refractivity contribution in [2.45, 2.75) is 20.8 Å². The number of allylic oxidation sites excluding steroid dienone is 2. The molecular weight excluding hydrogens is 276 g/mol. The Morgan fingerprint density at radius 2 is 1.86 bits per heavy atom. The molecule has 21 heavy (non-hydrogen) atoms. The van der Waals surface area contributed by atoms with E-state index in [1.54, 1.807) is 12.2 Å². The highest BCUT2D eigenvalue weighted by Crippen LogP contribution is 2.23. The van der Waals surface area contributed by atoms with E-state index in [-0.39, 0.29) is 16.9 Å². The van der Waals surface area contributed by atoms with E-state index in [0.717, 1.165) is 12.1 Å². The first-order chi connectivity index (χ1) is 9.73. The van der Waals surface area contributed by atoms with Crippen LogP contribution in [0.25, 0.3) is 0 Å². The molecule has 2 heterocycles. The molecule has 1 aromatic rings. The molecule has 2 N–H and O–H groups in total. The summed E-state index contributed by atoms with van der Waals surface area (Å²) in [5.41, 5.74) is 0.285. The highest BCUT2D eigenvalue weighted by atomic mass is 19.1. The number of aliphatic hydroxyl groups is 1. The molecule has 0 radical (unpaired) electrons. The van der Waals surface area contributed by atoms with Gasteiger partial charge in [0, 0.05) is 24.4 Å². The Morgan fingerprint density at radius 1 is 1.24 bits per heavy atom. The van der Waals surface area contributed by atoms with Gasteiger partial charge in [-0.15, -0.1) is 0 Å². The summed E-state index contributed by atoms with van der Waals surface area (Å²) in [6.07, 6.45) is 3.25. The first kappa shape index (κ1) is 15.3. The van der Waals surface area contributed by atoms with Crippen LogP contribution in [0.5, 0.6) is 0 Å². The molecule has 0 aromatic carbocycles. The van der Waals surface area contributed by atoms with Gasteiger partial charge in [0.05, 0.1) is 6.54 Å². The van der Waals surface area contributed by atoms with E-state index < -0.39 is 11.9 Å². The van der Waals surface area contributed by atoms with Gasteiger partial charge in [0.1, 0.15) is 11.6 Å². The molecule has 0 spiro atoms. The van der Waals surface area contributed by atoms with Gasteiger partial charge in [-0.3, -0.25) is 0 Å². The summed E-state index contributed by atoms with van der Waals surface area (Å²) >= 11 is 0. The van der Waals surface area contributed by atoms with Crippen molar-refractivity contribution in [3.8, 4) is 0 Å². The van der Waals surface area contributed by atoms with Crippen LogP contribution in [0.3, 0.4) is 0 Å². The number of nitrogens with one attached hydrogen (secondary N) is 1. The molecule has 0 saturated carbocycles. The van der Waals surface area contributed by atoms with Crippen molar-refractivity contribution >= 4 is 5.69 Å². The van der Waals surface area contributed by atoms with Gasteiger partial charge in [0.2, 0.25) is 11.9 Å². The molecule has 0 atom stereocenters. The number of rotatable bonds is 3. The van der Waals surface area contributed by atoms with Crippen LogP contribution in [0.1, 0.15) is 20.8 Å². The normalized spacial score (nSPS) is 15.6. The number of aliphatic hydroxyl groups excluding tert-OH is 1. The standard InChI is InChI=1S/C15H19F2N3O/c1-15(2,3)9-20-8-11(21)4-5-14(20)18-10-6-12(16)19-13(17)7-10/h4-7,21H,8-9H2,1-3H3,(H,18,19). The molecule has 2 rings (SSSR count). The van der Waals surface area contributed by atoms with Gasteiger partial charge in [0.15, 0.2) is 0 Å². The highest BCUT2D eigenvalue weighted by molar-refractivity contribution is 5.48. The average molecular weight is 295 g/mol. The molecule has 0 aliphatic carbocycles. The fraction of sp³-hybridized carbons (Fsp3) is 0.400. The van der Waals surface area contributed by atoms with Crippen LogP contribution in [-0.2, 0) is 0 Å². The summed E-state index contributed by atoms with van der Waals surface area (Å²) in [5, 5.41) is 12.6. The van der Waals surface area contributed by atoms with Gasteiger partial charge in [0.25, 0.3) is 0 Å². The molecular formula is C15H19F2N3O. The van der Waals surface area contributed by atoms with Crippen LogP contribution in [0.15, 0.2) is 35.9 Å². The van der Waals surface area contributed by atoms with Crippen molar-refractivity contribution in [3.63, 3.8) is 0 Å². The molecule has 1 aromatic heterocycles.